The predicted molar refractivity (Wildman–Crippen MR) is 102 cm³/mol. The first-order valence-corrected chi connectivity index (χ1v) is 10.1. The number of nitrogens with zero attached hydrogens (tertiary/aromatic N) is 5. The maximum absolute atomic E-state index is 12.6. The quantitative estimate of drug-likeness (QED) is 0.624. The lowest BCUT2D eigenvalue weighted by Crippen LogP contribution is -2.35. The Morgan fingerprint density at radius 3 is 2.79 bits per heavy atom. The zero-order valence-electron chi connectivity index (χ0n) is 15.4. The first kappa shape index (κ1) is 18.4. The van der Waals surface area contributed by atoms with Gasteiger partial charge in [-0.2, -0.15) is 0 Å². The summed E-state index contributed by atoms with van der Waals surface area (Å²) in [7, 11) is -0.694. The van der Waals surface area contributed by atoms with Gasteiger partial charge in [0, 0.05) is 26.3 Å². The van der Waals surface area contributed by atoms with E-state index in [-0.39, 0.29) is 17.4 Å². The van der Waals surface area contributed by atoms with E-state index >= 15 is 0 Å². The van der Waals surface area contributed by atoms with Crippen molar-refractivity contribution in [1.82, 2.24) is 19.5 Å². The van der Waals surface area contributed by atoms with E-state index in [0.29, 0.717) is 17.6 Å². The van der Waals surface area contributed by atoms with Crippen LogP contribution in [0.1, 0.15) is 5.56 Å². The van der Waals surface area contributed by atoms with Crippen LogP contribution >= 0.6 is 0 Å². The van der Waals surface area contributed by atoms with Gasteiger partial charge in [-0.15, -0.1) is 5.10 Å². The third-order valence-corrected chi connectivity index (χ3v) is 6.47. The summed E-state index contributed by atoms with van der Waals surface area (Å²) >= 11 is 0. The summed E-state index contributed by atoms with van der Waals surface area (Å²) in [6.07, 6.45) is 0.805. The fourth-order valence-electron chi connectivity index (χ4n) is 3.14. The summed E-state index contributed by atoms with van der Waals surface area (Å²) in [5.41, 5.74) is 2.86. The monoisotopic (exact) mass is 401 g/mol. The molecule has 10 heteroatoms. The van der Waals surface area contributed by atoms with Crippen LogP contribution in [0.5, 0.6) is 0 Å². The summed E-state index contributed by atoms with van der Waals surface area (Å²) in [6.45, 7) is 0.363. The number of benzene rings is 2. The van der Waals surface area contributed by atoms with Gasteiger partial charge >= 0.3 is 0 Å². The number of hydrogen-bond donors (Lipinski definition) is 0. The molecule has 3 aromatic rings. The number of rotatable bonds is 5. The van der Waals surface area contributed by atoms with Crippen molar-refractivity contribution in [2.45, 2.75) is 11.3 Å². The van der Waals surface area contributed by atoms with Crippen LogP contribution < -0.4 is 9.74 Å². The Morgan fingerprint density at radius 1 is 1.21 bits per heavy atom. The Kier molecular flexibility index (Phi) is 4.52. The van der Waals surface area contributed by atoms with Crippen molar-refractivity contribution in [2.75, 3.05) is 32.1 Å². The van der Waals surface area contributed by atoms with Gasteiger partial charge in [-0.25, -0.2) is 12.7 Å². The molecule has 9 nitrogen and oxygen atoms in total. The van der Waals surface area contributed by atoms with Crippen LogP contribution in [0.15, 0.2) is 47.4 Å². The highest BCUT2D eigenvalue weighted by Crippen LogP contribution is 2.27. The standard InChI is InChI=1S/C18H19N5O4S/c1-21(2)28(25,26)14-7-8-15-17(11-14)23(20-19-15)27-12-18(24)22-10-9-13-5-3-4-6-16(13)22/h3-8,11H,9-10,12H2,1-2H3. The molecular formula is C18H19N5O4S. The first-order valence-electron chi connectivity index (χ1n) is 8.67. The van der Waals surface area contributed by atoms with Crippen molar-refractivity contribution in [1.29, 1.82) is 0 Å². The fourth-order valence-corrected chi connectivity index (χ4v) is 4.06. The zero-order valence-corrected chi connectivity index (χ0v) is 16.3. The molecule has 28 heavy (non-hydrogen) atoms. The highest BCUT2D eigenvalue weighted by molar-refractivity contribution is 7.89. The number of sulfonamides is 1. The average Bonchev–Trinajstić information content (AvgIpc) is 3.29. The van der Waals surface area contributed by atoms with Crippen LogP contribution in [0, 0.1) is 0 Å². The molecule has 0 radical (unpaired) electrons. The van der Waals surface area contributed by atoms with E-state index < -0.39 is 10.0 Å². The molecule has 0 atom stereocenters. The van der Waals surface area contributed by atoms with Crippen LogP contribution in [0.2, 0.25) is 0 Å². The summed E-state index contributed by atoms with van der Waals surface area (Å²) in [5.74, 6) is -0.203. The minimum atomic E-state index is -3.61. The Bertz CT molecular complexity index is 1160. The summed E-state index contributed by atoms with van der Waals surface area (Å²) in [5, 5.41) is 7.82. The Hall–Kier alpha value is -2.98. The molecule has 2 aromatic carbocycles. The normalized spacial score (nSPS) is 13.9. The van der Waals surface area contributed by atoms with Crippen LogP contribution in [0.25, 0.3) is 11.0 Å². The van der Waals surface area contributed by atoms with Crippen LogP contribution in [0.3, 0.4) is 0 Å². The second-order valence-corrected chi connectivity index (χ2v) is 8.75. The van der Waals surface area contributed by atoms with Gasteiger partial charge < -0.3 is 9.74 Å². The van der Waals surface area contributed by atoms with Gasteiger partial charge in [0.15, 0.2) is 6.61 Å². The number of hydrogen-bond acceptors (Lipinski definition) is 6. The van der Waals surface area contributed by atoms with E-state index in [1.807, 2.05) is 24.3 Å². The lowest BCUT2D eigenvalue weighted by atomic mass is 10.2. The highest BCUT2D eigenvalue weighted by Gasteiger charge is 2.25. The predicted octanol–water partition coefficient (Wildman–Crippen LogP) is 0.700. The van der Waals surface area contributed by atoms with E-state index in [9.17, 15) is 13.2 Å². The molecule has 146 valence electrons. The van der Waals surface area contributed by atoms with Crippen molar-refractivity contribution in [3.8, 4) is 0 Å². The van der Waals surface area contributed by atoms with Crippen LogP contribution in [-0.2, 0) is 21.2 Å². The Labute approximate surface area is 162 Å². The summed E-state index contributed by atoms with van der Waals surface area (Å²) in [4.78, 5) is 21.0. The minimum absolute atomic E-state index is 0.0944. The Morgan fingerprint density at radius 2 is 2.00 bits per heavy atom. The molecule has 0 N–H and O–H groups in total. The first-order chi connectivity index (χ1) is 13.4. The number of anilines is 1. The van der Waals surface area contributed by atoms with Gasteiger partial charge in [0.05, 0.1) is 4.90 Å². The van der Waals surface area contributed by atoms with Gasteiger partial charge in [0.25, 0.3) is 5.91 Å². The molecule has 2 heterocycles. The molecule has 0 unspecified atom stereocenters. The molecule has 0 spiro atoms. The second-order valence-electron chi connectivity index (χ2n) is 6.60. The molecule has 4 rings (SSSR count). The van der Waals surface area contributed by atoms with Crippen molar-refractivity contribution in [3.05, 3.63) is 48.0 Å². The molecule has 0 bridgehead atoms. The number of fused-ring (bicyclic) bond motifs is 2. The Balaban J connectivity index is 1.55. The maximum atomic E-state index is 12.6. The third kappa shape index (κ3) is 3.10. The van der Waals surface area contributed by atoms with Crippen molar-refractivity contribution < 1.29 is 18.0 Å². The molecule has 0 saturated heterocycles. The van der Waals surface area contributed by atoms with E-state index in [1.165, 1.54) is 26.2 Å². The van der Waals surface area contributed by atoms with E-state index in [2.05, 4.69) is 10.3 Å². The highest BCUT2D eigenvalue weighted by atomic mass is 32.2. The molecule has 0 aliphatic carbocycles. The molecule has 0 saturated carbocycles. The summed E-state index contributed by atoms with van der Waals surface area (Å²) < 4.78 is 25.8. The molecular weight excluding hydrogens is 382 g/mol. The molecule has 0 fully saturated rings. The molecule has 1 amide bonds. The van der Waals surface area contributed by atoms with E-state index in [4.69, 9.17) is 4.84 Å². The van der Waals surface area contributed by atoms with E-state index in [1.54, 1.807) is 11.0 Å². The lowest BCUT2D eigenvalue weighted by Gasteiger charge is -2.17. The topological polar surface area (TPSA) is 97.6 Å². The second kappa shape index (κ2) is 6.88. The van der Waals surface area contributed by atoms with Crippen molar-refractivity contribution >= 4 is 32.7 Å². The summed E-state index contributed by atoms with van der Waals surface area (Å²) in [6, 6.07) is 12.2. The molecule has 1 aromatic heterocycles. The smallest absolute Gasteiger partial charge is 0.267 e. The fraction of sp³-hybridized carbons (Fsp3) is 0.278. The van der Waals surface area contributed by atoms with Gasteiger partial charge in [-0.05, 0) is 41.5 Å². The largest absolute Gasteiger partial charge is 0.385 e. The number of aromatic nitrogens is 3. The third-order valence-electron chi connectivity index (χ3n) is 4.66. The molecule has 1 aliphatic heterocycles. The lowest BCUT2D eigenvalue weighted by molar-refractivity contribution is -0.123. The van der Waals surface area contributed by atoms with Gasteiger partial charge in [-0.3, -0.25) is 4.79 Å². The van der Waals surface area contributed by atoms with Crippen molar-refractivity contribution in [2.24, 2.45) is 0 Å². The van der Waals surface area contributed by atoms with Gasteiger partial charge in [0.1, 0.15) is 11.0 Å². The number of carbonyl (C=O) groups is 1. The van der Waals surface area contributed by atoms with Gasteiger partial charge in [0.2, 0.25) is 10.0 Å². The number of para-hydroxylation sites is 1. The average molecular weight is 401 g/mol. The zero-order chi connectivity index (χ0) is 19.9. The van der Waals surface area contributed by atoms with Crippen molar-refractivity contribution in [3.63, 3.8) is 0 Å². The SMILES string of the molecule is CN(C)S(=O)(=O)c1ccc2nnn(OCC(=O)N3CCc4ccccc43)c2c1. The minimum Gasteiger partial charge on any atom is -0.385 e. The van der Waals surface area contributed by atoms with Crippen LogP contribution in [-0.4, -0.2) is 61.0 Å². The number of amides is 1. The van der Waals surface area contributed by atoms with E-state index in [0.717, 1.165) is 26.8 Å². The van der Waals surface area contributed by atoms with Gasteiger partial charge in [-0.1, -0.05) is 23.0 Å². The number of carbonyl (C=O) groups excluding carboxylic acids is 1. The maximum Gasteiger partial charge on any atom is 0.267 e. The molecule has 1 aliphatic rings. The van der Waals surface area contributed by atoms with Crippen LogP contribution in [0.4, 0.5) is 5.69 Å².